The summed E-state index contributed by atoms with van der Waals surface area (Å²) in [4.78, 5) is 4.05. The van der Waals surface area contributed by atoms with Crippen molar-refractivity contribution in [3.05, 3.63) is 72.2 Å². The van der Waals surface area contributed by atoms with Gasteiger partial charge in [0.1, 0.15) is 5.82 Å². The largest absolute Gasteiger partial charge is 0.320 e. The monoisotopic (exact) mass is 257 g/mol. The molecule has 1 aromatic heterocycles. The molecule has 1 radical (unpaired) electrons. The summed E-state index contributed by atoms with van der Waals surface area (Å²) in [5, 5.41) is 3.13. The molecule has 0 aliphatic rings. The molecule has 0 aliphatic heterocycles. The Morgan fingerprint density at radius 1 is 1.11 bits per heavy atom. The van der Waals surface area contributed by atoms with Gasteiger partial charge < -0.3 is 5.32 Å². The van der Waals surface area contributed by atoms with E-state index in [2.05, 4.69) is 16.7 Å². The fourth-order valence-corrected chi connectivity index (χ4v) is 2.10. The molecular weight excluding hydrogens is 239 g/mol. The Hall–Kier alpha value is -1.74. The van der Waals surface area contributed by atoms with Gasteiger partial charge in [-0.15, -0.1) is 0 Å². The SMILES string of the molecule is CNCC[CH]C(c1ccncc1)c1ccc(F)cc1. The third-order valence-electron chi connectivity index (χ3n) is 3.09. The maximum absolute atomic E-state index is 13.0. The number of nitrogens with zero attached hydrogens (tertiary/aromatic N) is 1. The standard InChI is InChI=1S/C16H18FN2/c1-18-10-2-3-16(14-8-11-19-12-9-14)13-4-6-15(17)7-5-13/h3-9,11-12,16,18H,2,10H2,1H3. The highest BCUT2D eigenvalue weighted by atomic mass is 19.1. The summed E-state index contributed by atoms with van der Waals surface area (Å²) in [5.74, 6) is -0.0237. The van der Waals surface area contributed by atoms with Gasteiger partial charge in [-0.25, -0.2) is 4.39 Å². The maximum atomic E-state index is 13.0. The van der Waals surface area contributed by atoms with Gasteiger partial charge in [-0.2, -0.15) is 0 Å². The van der Waals surface area contributed by atoms with Gasteiger partial charge in [0.15, 0.2) is 0 Å². The minimum absolute atomic E-state index is 0.178. The third kappa shape index (κ3) is 3.86. The smallest absolute Gasteiger partial charge is 0.123 e. The van der Waals surface area contributed by atoms with Crippen molar-refractivity contribution >= 4 is 0 Å². The predicted octanol–water partition coefficient (Wildman–Crippen LogP) is 3.17. The Labute approximate surface area is 113 Å². The van der Waals surface area contributed by atoms with Crippen LogP contribution in [0.2, 0.25) is 0 Å². The van der Waals surface area contributed by atoms with Crippen LogP contribution in [0.5, 0.6) is 0 Å². The summed E-state index contributed by atoms with van der Waals surface area (Å²) in [5.41, 5.74) is 2.28. The molecule has 1 heterocycles. The summed E-state index contributed by atoms with van der Waals surface area (Å²) in [7, 11) is 1.94. The van der Waals surface area contributed by atoms with Crippen LogP contribution >= 0.6 is 0 Å². The normalized spacial score (nSPS) is 12.3. The number of pyridine rings is 1. The van der Waals surface area contributed by atoms with Gasteiger partial charge in [-0.05, 0) is 61.8 Å². The third-order valence-corrected chi connectivity index (χ3v) is 3.09. The Morgan fingerprint density at radius 2 is 1.74 bits per heavy atom. The number of benzene rings is 1. The summed E-state index contributed by atoms with van der Waals surface area (Å²) < 4.78 is 13.0. The molecule has 0 amide bonds. The fraction of sp³-hybridized carbons (Fsp3) is 0.250. The molecule has 1 N–H and O–H groups in total. The van der Waals surface area contributed by atoms with Crippen molar-refractivity contribution < 1.29 is 4.39 Å². The lowest BCUT2D eigenvalue weighted by Crippen LogP contribution is -2.11. The Balaban J connectivity index is 2.21. The summed E-state index contributed by atoms with van der Waals surface area (Å²) in [6, 6.07) is 10.7. The Morgan fingerprint density at radius 3 is 2.37 bits per heavy atom. The Bertz CT molecular complexity index is 482. The minimum atomic E-state index is -0.201. The maximum Gasteiger partial charge on any atom is 0.123 e. The molecule has 0 fully saturated rings. The molecule has 1 atom stereocenters. The first-order valence-electron chi connectivity index (χ1n) is 6.44. The molecule has 0 bridgehead atoms. The first-order valence-corrected chi connectivity index (χ1v) is 6.44. The zero-order valence-corrected chi connectivity index (χ0v) is 11.0. The average Bonchev–Trinajstić information content (AvgIpc) is 2.46. The van der Waals surface area contributed by atoms with Crippen LogP contribution < -0.4 is 5.32 Å². The van der Waals surface area contributed by atoms with Crippen LogP contribution in [0.1, 0.15) is 23.5 Å². The highest BCUT2D eigenvalue weighted by Crippen LogP contribution is 2.28. The topological polar surface area (TPSA) is 24.9 Å². The fourth-order valence-electron chi connectivity index (χ4n) is 2.10. The zero-order chi connectivity index (χ0) is 13.5. The van der Waals surface area contributed by atoms with Crippen molar-refractivity contribution in [2.75, 3.05) is 13.6 Å². The van der Waals surface area contributed by atoms with Gasteiger partial charge in [0.05, 0.1) is 0 Å². The second kappa shape index (κ2) is 7.00. The molecule has 2 aromatic rings. The first kappa shape index (κ1) is 13.7. The van der Waals surface area contributed by atoms with E-state index in [0.717, 1.165) is 18.5 Å². The van der Waals surface area contributed by atoms with Crippen LogP contribution in [0.4, 0.5) is 4.39 Å². The summed E-state index contributed by atoms with van der Waals surface area (Å²) >= 11 is 0. The van der Waals surface area contributed by atoms with Gasteiger partial charge in [-0.1, -0.05) is 12.1 Å². The number of hydrogen-bond donors (Lipinski definition) is 1. The molecule has 0 saturated heterocycles. The molecular formula is C16H18FN2. The Kier molecular flexibility index (Phi) is 5.04. The van der Waals surface area contributed by atoms with E-state index in [0.29, 0.717) is 0 Å². The summed E-state index contributed by atoms with van der Waals surface area (Å²) in [6.45, 7) is 0.933. The number of rotatable bonds is 6. The number of hydrogen-bond acceptors (Lipinski definition) is 2. The molecule has 0 aliphatic carbocycles. The molecule has 2 rings (SSSR count). The lowest BCUT2D eigenvalue weighted by Gasteiger charge is -2.17. The van der Waals surface area contributed by atoms with Gasteiger partial charge in [0.25, 0.3) is 0 Å². The van der Waals surface area contributed by atoms with Crippen LogP contribution in [-0.4, -0.2) is 18.6 Å². The molecule has 1 unspecified atom stereocenters. The molecule has 99 valence electrons. The van der Waals surface area contributed by atoms with Gasteiger partial charge in [-0.3, -0.25) is 4.98 Å². The molecule has 0 spiro atoms. The quantitative estimate of drug-likeness (QED) is 0.804. The van der Waals surface area contributed by atoms with Crippen LogP contribution in [0.15, 0.2) is 48.8 Å². The van der Waals surface area contributed by atoms with Gasteiger partial charge in [0.2, 0.25) is 0 Å². The number of nitrogens with one attached hydrogen (secondary N) is 1. The molecule has 3 heteroatoms. The number of aromatic nitrogens is 1. The average molecular weight is 257 g/mol. The van der Waals surface area contributed by atoms with Crippen LogP contribution in [0.3, 0.4) is 0 Å². The van der Waals surface area contributed by atoms with Crippen LogP contribution in [-0.2, 0) is 0 Å². The predicted molar refractivity (Wildman–Crippen MR) is 75.3 cm³/mol. The number of halogens is 1. The second-order valence-electron chi connectivity index (χ2n) is 4.44. The van der Waals surface area contributed by atoms with E-state index in [1.807, 2.05) is 31.3 Å². The molecule has 2 nitrogen and oxygen atoms in total. The van der Waals surface area contributed by atoms with E-state index in [9.17, 15) is 4.39 Å². The van der Waals surface area contributed by atoms with Crippen LogP contribution in [0, 0.1) is 12.2 Å². The van der Waals surface area contributed by atoms with E-state index in [4.69, 9.17) is 0 Å². The second-order valence-corrected chi connectivity index (χ2v) is 4.44. The van der Waals surface area contributed by atoms with Gasteiger partial charge >= 0.3 is 0 Å². The molecule has 0 saturated carbocycles. The minimum Gasteiger partial charge on any atom is -0.320 e. The van der Waals surface area contributed by atoms with Crippen molar-refractivity contribution in [1.29, 1.82) is 0 Å². The van der Waals surface area contributed by atoms with Crippen LogP contribution in [0.25, 0.3) is 0 Å². The van der Waals surface area contributed by atoms with Crippen molar-refractivity contribution in [2.24, 2.45) is 0 Å². The van der Waals surface area contributed by atoms with E-state index in [1.165, 1.54) is 17.7 Å². The van der Waals surface area contributed by atoms with Gasteiger partial charge in [0, 0.05) is 18.3 Å². The van der Waals surface area contributed by atoms with Crippen molar-refractivity contribution in [1.82, 2.24) is 10.3 Å². The lowest BCUT2D eigenvalue weighted by molar-refractivity contribution is 0.626. The lowest BCUT2D eigenvalue weighted by atomic mass is 9.88. The van der Waals surface area contributed by atoms with Crippen molar-refractivity contribution in [3.63, 3.8) is 0 Å². The summed E-state index contributed by atoms with van der Waals surface area (Å²) in [6.07, 6.45) is 6.79. The van der Waals surface area contributed by atoms with Crippen molar-refractivity contribution in [3.8, 4) is 0 Å². The van der Waals surface area contributed by atoms with E-state index < -0.39 is 0 Å². The highest BCUT2D eigenvalue weighted by Gasteiger charge is 2.14. The zero-order valence-electron chi connectivity index (χ0n) is 11.0. The molecule has 1 aromatic carbocycles. The first-order chi connectivity index (χ1) is 9.31. The van der Waals surface area contributed by atoms with E-state index >= 15 is 0 Å². The molecule has 19 heavy (non-hydrogen) atoms. The highest BCUT2D eigenvalue weighted by molar-refractivity contribution is 5.34. The van der Waals surface area contributed by atoms with E-state index in [-0.39, 0.29) is 11.7 Å². The van der Waals surface area contributed by atoms with Crippen molar-refractivity contribution in [2.45, 2.75) is 12.3 Å². The van der Waals surface area contributed by atoms with E-state index in [1.54, 1.807) is 12.4 Å².